The third kappa shape index (κ3) is 2.39. The first-order valence-corrected chi connectivity index (χ1v) is 6.20. The second kappa shape index (κ2) is 5.14. The van der Waals surface area contributed by atoms with Gasteiger partial charge in [-0.25, -0.2) is 0 Å². The molecule has 0 saturated heterocycles. The Labute approximate surface area is 116 Å². The summed E-state index contributed by atoms with van der Waals surface area (Å²) in [4.78, 5) is 26.2. The van der Waals surface area contributed by atoms with Crippen LogP contribution >= 0.6 is 0 Å². The van der Waals surface area contributed by atoms with Gasteiger partial charge in [0, 0.05) is 11.1 Å². The van der Waals surface area contributed by atoms with Crippen molar-refractivity contribution < 1.29 is 4.79 Å². The van der Waals surface area contributed by atoms with Crippen LogP contribution in [0.2, 0.25) is 0 Å². The van der Waals surface area contributed by atoms with E-state index in [1.165, 1.54) is 13.0 Å². The van der Waals surface area contributed by atoms with E-state index in [9.17, 15) is 9.59 Å². The Bertz CT molecular complexity index is 795. The summed E-state index contributed by atoms with van der Waals surface area (Å²) in [5.74, 6) is -0.187. The Morgan fingerprint density at radius 1 is 1.25 bits per heavy atom. The number of aryl methyl sites for hydroxylation is 2. The molecule has 1 aromatic carbocycles. The van der Waals surface area contributed by atoms with Gasteiger partial charge in [-0.05, 0) is 32.4 Å². The van der Waals surface area contributed by atoms with E-state index in [0.717, 1.165) is 16.7 Å². The maximum absolute atomic E-state index is 11.8. The number of nitriles is 1. The molecular weight excluding hydrogens is 252 g/mol. The summed E-state index contributed by atoms with van der Waals surface area (Å²) in [5, 5.41) is 8.90. The summed E-state index contributed by atoms with van der Waals surface area (Å²) >= 11 is 0. The van der Waals surface area contributed by atoms with Crippen molar-refractivity contribution in [3.8, 4) is 17.3 Å². The molecule has 1 heterocycles. The van der Waals surface area contributed by atoms with Gasteiger partial charge in [0.1, 0.15) is 11.6 Å². The van der Waals surface area contributed by atoms with Crippen molar-refractivity contribution in [3.63, 3.8) is 0 Å². The number of aromatic nitrogens is 1. The van der Waals surface area contributed by atoms with Gasteiger partial charge in [-0.3, -0.25) is 9.59 Å². The van der Waals surface area contributed by atoms with E-state index < -0.39 is 5.56 Å². The van der Waals surface area contributed by atoms with Gasteiger partial charge in [-0.15, -0.1) is 0 Å². The molecule has 0 aliphatic heterocycles. The van der Waals surface area contributed by atoms with Gasteiger partial charge in [-0.2, -0.15) is 5.26 Å². The Morgan fingerprint density at radius 3 is 2.50 bits per heavy atom. The molecule has 0 radical (unpaired) electrons. The standard InChI is InChI=1S/C16H14N2O2/c1-9-4-5-13(10(2)6-9)15-14(11(3)19)7-12(8-17)16(20)18-15/h4-7H,1-3H3,(H,18,20). The maximum atomic E-state index is 11.8. The number of nitrogens with zero attached hydrogens (tertiary/aromatic N) is 1. The molecular formula is C16H14N2O2. The number of hydrogen-bond acceptors (Lipinski definition) is 3. The number of pyridine rings is 1. The molecule has 0 bridgehead atoms. The van der Waals surface area contributed by atoms with E-state index in [1.54, 1.807) is 6.07 Å². The summed E-state index contributed by atoms with van der Waals surface area (Å²) in [6.45, 7) is 5.31. The number of H-pyrrole nitrogens is 1. The van der Waals surface area contributed by atoms with Crippen molar-refractivity contribution in [1.29, 1.82) is 5.26 Å². The van der Waals surface area contributed by atoms with Crippen molar-refractivity contribution in [1.82, 2.24) is 4.98 Å². The van der Waals surface area contributed by atoms with E-state index in [-0.39, 0.29) is 11.3 Å². The van der Waals surface area contributed by atoms with Crippen LogP contribution in [0.25, 0.3) is 11.3 Å². The zero-order valence-corrected chi connectivity index (χ0v) is 11.6. The van der Waals surface area contributed by atoms with Crippen molar-refractivity contribution in [3.05, 3.63) is 56.9 Å². The van der Waals surface area contributed by atoms with Crippen molar-refractivity contribution in [2.45, 2.75) is 20.8 Å². The molecule has 0 aliphatic rings. The van der Waals surface area contributed by atoms with Crippen LogP contribution in [0.3, 0.4) is 0 Å². The lowest BCUT2D eigenvalue weighted by atomic mass is 9.97. The van der Waals surface area contributed by atoms with E-state index >= 15 is 0 Å². The van der Waals surface area contributed by atoms with Crippen LogP contribution in [0, 0.1) is 25.2 Å². The van der Waals surface area contributed by atoms with Gasteiger partial charge in [-0.1, -0.05) is 23.8 Å². The average Bonchev–Trinajstić information content (AvgIpc) is 2.38. The van der Waals surface area contributed by atoms with Crippen LogP contribution in [0.4, 0.5) is 0 Å². The van der Waals surface area contributed by atoms with Crippen LogP contribution in [0.5, 0.6) is 0 Å². The Morgan fingerprint density at radius 2 is 1.95 bits per heavy atom. The molecule has 0 atom stereocenters. The van der Waals surface area contributed by atoms with Crippen LogP contribution < -0.4 is 5.56 Å². The molecule has 1 N–H and O–H groups in total. The zero-order chi connectivity index (χ0) is 14.9. The lowest BCUT2D eigenvalue weighted by molar-refractivity contribution is 0.101. The molecule has 0 spiro atoms. The highest BCUT2D eigenvalue weighted by Gasteiger charge is 2.15. The predicted molar refractivity (Wildman–Crippen MR) is 76.7 cm³/mol. The fourth-order valence-electron chi connectivity index (χ4n) is 2.20. The second-order valence-corrected chi connectivity index (χ2v) is 4.79. The largest absolute Gasteiger partial charge is 0.320 e. The number of ketones is 1. The lowest BCUT2D eigenvalue weighted by Crippen LogP contribution is -2.15. The van der Waals surface area contributed by atoms with Crippen LogP contribution in [0.15, 0.2) is 29.1 Å². The minimum Gasteiger partial charge on any atom is -0.320 e. The second-order valence-electron chi connectivity index (χ2n) is 4.79. The average molecular weight is 266 g/mol. The summed E-state index contributed by atoms with van der Waals surface area (Å²) in [7, 11) is 0. The van der Waals surface area contributed by atoms with Crippen molar-refractivity contribution >= 4 is 5.78 Å². The van der Waals surface area contributed by atoms with Gasteiger partial charge in [0.15, 0.2) is 5.78 Å². The van der Waals surface area contributed by atoms with Crippen LogP contribution in [-0.2, 0) is 0 Å². The number of Topliss-reactive ketones (excluding diaryl/α,β-unsaturated/α-hetero) is 1. The van der Waals surface area contributed by atoms with E-state index in [1.807, 2.05) is 32.0 Å². The molecule has 4 nitrogen and oxygen atoms in total. The van der Waals surface area contributed by atoms with Gasteiger partial charge in [0.25, 0.3) is 5.56 Å². The summed E-state index contributed by atoms with van der Waals surface area (Å²) in [6, 6.07) is 8.92. The van der Waals surface area contributed by atoms with Crippen molar-refractivity contribution in [2.75, 3.05) is 0 Å². The molecule has 0 amide bonds. The highest BCUT2D eigenvalue weighted by Crippen LogP contribution is 2.25. The fourth-order valence-corrected chi connectivity index (χ4v) is 2.20. The molecule has 20 heavy (non-hydrogen) atoms. The molecule has 0 fully saturated rings. The normalized spacial score (nSPS) is 10.1. The molecule has 2 aromatic rings. The summed E-state index contributed by atoms with van der Waals surface area (Å²) in [6.07, 6.45) is 0. The molecule has 0 saturated carbocycles. The quantitative estimate of drug-likeness (QED) is 0.849. The van der Waals surface area contributed by atoms with Gasteiger partial charge < -0.3 is 4.98 Å². The summed E-state index contributed by atoms with van der Waals surface area (Å²) < 4.78 is 0. The zero-order valence-electron chi connectivity index (χ0n) is 11.6. The van der Waals surface area contributed by atoms with E-state index in [2.05, 4.69) is 4.98 Å². The third-order valence-electron chi connectivity index (χ3n) is 3.19. The first-order chi connectivity index (χ1) is 9.43. The van der Waals surface area contributed by atoms with Crippen molar-refractivity contribution in [2.24, 2.45) is 0 Å². The topological polar surface area (TPSA) is 73.7 Å². The lowest BCUT2D eigenvalue weighted by Gasteiger charge is -2.11. The number of benzene rings is 1. The van der Waals surface area contributed by atoms with Crippen LogP contribution in [0.1, 0.15) is 34.0 Å². The van der Waals surface area contributed by atoms with Crippen LogP contribution in [-0.4, -0.2) is 10.8 Å². The van der Waals surface area contributed by atoms with Gasteiger partial charge in [0.2, 0.25) is 0 Å². The van der Waals surface area contributed by atoms with E-state index in [4.69, 9.17) is 5.26 Å². The minimum atomic E-state index is -0.479. The monoisotopic (exact) mass is 266 g/mol. The smallest absolute Gasteiger partial charge is 0.266 e. The highest BCUT2D eigenvalue weighted by molar-refractivity contribution is 6.00. The SMILES string of the molecule is CC(=O)c1cc(C#N)c(=O)[nH]c1-c1ccc(C)cc1C. The molecule has 0 aliphatic carbocycles. The molecule has 2 rings (SSSR count). The Hall–Kier alpha value is -2.67. The number of nitrogens with one attached hydrogen (secondary N) is 1. The molecule has 1 aromatic heterocycles. The third-order valence-corrected chi connectivity index (χ3v) is 3.19. The number of aromatic amines is 1. The first-order valence-electron chi connectivity index (χ1n) is 6.20. The fraction of sp³-hybridized carbons (Fsp3) is 0.188. The van der Waals surface area contributed by atoms with Gasteiger partial charge in [0.05, 0.1) is 5.69 Å². The minimum absolute atomic E-state index is 0.0521. The van der Waals surface area contributed by atoms with E-state index in [0.29, 0.717) is 11.3 Å². The number of carbonyl (C=O) groups is 1. The highest BCUT2D eigenvalue weighted by atomic mass is 16.1. The predicted octanol–water partition coefficient (Wildman–Crippen LogP) is 2.73. The number of carbonyl (C=O) groups excluding carboxylic acids is 1. The van der Waals surface area contributed by atoms with Gasteiger partial charge >= 0.3 is 0 Å². The Kier molecular flexibility index (Phi) is 3.53. The maximum Gasteiger partial charge on any atom is 0.266 e. The summed E-state index contributed by atoms with van der Waals surface area (Å²) in [5.41, 5.74) is 3.16. The molecule has 4 heteroatoms. The number of rotatable bonds is 2. The molecule has 100 valence electrons. The molecule has 0 unspecified atom stereocenters. The first kappa shape index (κ1) is 13.8. The number of hydrogen-bond donors (Lipinski definition) is 1. The Balaban J connectivity index is 2.80.